The molecule has 0 bridgehead atoms. The molecule has 0 aliphatic heterocycles. The van der Waals surface area contributed by atoms with Crippen molar-refractivity contribution in [1.82, 2.24) is 0 Å². The van der Waals surface area contributed by atoms with E-state index in [2.05, 4.69) is 0 Å². The number of rotatable bonds is 10. The molecule has 0 aromatic heterocycles. The Balaban J connectivity index is 1.61. The monoisotopic (exact) mass is 440 g/mol. The molecule has 166 valence electrons. The molecular weight excluding hydrogens is 416 g/mol. The molecule has 4 rings (SSSR count). The second-order valence-corrected chi connectivity index (χ2v) is 7.42. The summed E-state index contributed by atoms with van der Waals surface area (Å²) in [5.74, 6) is -0.110. The van der Waals surface area contributed by atoms with Crippen LogP contribution in [0.2, 0.25) is 0 Å². The van der Waals surface area contributed by atoms with Crippen LogP contribution >= 0.6 is 0 Å². The van der Waals surface area contributed by atoms with Crippen molar-refractivity contribution in [2.75, 3.05) is 0 Å². The maximum absolute atomic E-state index is 12.0. The zero-order valence-corrected chi connectivity index (χ0v) is 18.0. The Morgan fingerprint density at radius 3 is 1.30 bits per heavy atom. The second-order valence-electron chi connectivity index (χ2n) is 7.42. The number of hydrogen-bond donors (Lipinski definition) is 1. The van der Waals surface area contributed by atoms with Gasteiger partial charge >= 0.3 is 5.97 Å². The fraction of sp³-hybridized carbons (Fsp3) is 0.107. The molecule has 4 aromatic rings. The van der Waals surface area contributed by atoms with Crippen LogP contribution in [0, 0.1) is 0 Å². The van der Waals surface area contributed by atoms with Crippen LogP contribution in [0.25, 0.3) is 0 Å². The molecule has 0 saturated heterocycles. The number of carbonyl (C=O) groups is 1. The highest BCUT2D eigenvalue weighted by Gasteiger charge is 2.19. The Morgan fingerprint density at radius 1 is 0.545 bits per heavy atom. The summed E-state index contributed by atoms with van der Waals surface area (Å²) in [6.45, 7) is 0.836. The van der Waals surface area contributed by atoms with Gasteiger partial charge < -0.3 is 19.3 Å². The molecule has 0 amide bonds. The Morgan fingerprint density at radius 2 is 0.909 bits per heavy atom. The molecule has 0 unspecified atom stereocenters. The average Bonchev–Trinajstić information content (AvgIpc) is 2.87. The summed E-state index contributed by atoms with van der Waals surface area (Å²) in [7, 11) is 0. The summed E-state index contributed by atoms with van der Waals surface area (Å²) in [5, 5.41) is 9.79. The average molecular weight is 440 g/mol. The summed E-state index contributed by atoms with van der Waals surface area (Å²) in [6, 6.07) is 32.0. The Kier molecular flexibility index (Phi) is 7.23. The molecule has 33 heavy (non-hydrogen) atoms. The van der Waals surface area contributed by atoms with Crippen molar-refractivity contribution in [2.24, 2.45) is 0 Å². The lowest BCUT2D eigenvalue weighted by molar-refractivity contribution is 0.0691. The molecule has 0 spiro atoms. The third-order valence-electron chi connectivity index (χ3n) is 4.99. The van der Waals surface area contributed by atoms with E-state index in [1.165, 1.54) is 6.07 Å². The molecule has 0 atom stereocenters. The SMILES string of the molecule is O=C(O)c1cc(OCc2ccccc2)c(OCc2ccccc2)cc1OCc1ccccc1. The van der Waals surface area contributed by atoms with E-state index in [9.17, 15) is 9.90 Å². The van der Waals surface area contributed by atoms with Crippen molar-refractivity contribution >= 4 is 5.97 Å². The number of hydrogen-bond acceptors (Lipinski definition) is 4. The third-order valence-corrected chi connectivity index (χ3v) is 4.99. The van der Waals surface area contributed by atoms with E-state index in [4.69, 9.17) is 14.2 Å². The standard InChI is InChI=1S/C28H24O5/c29-28(30)24-16-26(32-19-22-12-6-2-7-13-22)27(33-20-23-14-8-3-9-15-23)17-25(24)31-18-21-10-4-1-5-11-21/h1-17H,18-20H2,(H,29,30). The van der Waals surface area contributed by atoms with Gasteiger partial charge in [0.1, 0.15) is 31.1 Å². The minimum absolute atomic E-state index is 0.0149. The number of benzene rings is 4. The van der Waals surface area contributed by atoms with Crippen LogP contribution in [0.1, 0.15) is 27.0 Å². The van der Waals surface area contributed by atoms with Gasteiger partial charge in [-0.1, -0.05) is 91.0 Å². The molecule has 0 aliphatic carbocycles. The molecule has 5 nitrogen and oxygen atoms in total. The topological polar surface area (TPSA) is 65.0 Å². The first-order valence-corrected chi connectivity index (χ1v) is 10.6. The largest absolute Gasteiger partial charge is 0.488 e. The van der Waals surface area contributed by atoms with Gasteiger partial charge in [0.15, 0.2) is 11.5 Å². The highest BCUT2D eigenvalue weighted by molar-refractivity contribution is 5.92. The Labute approximate surface area is 192 Å². The highest BCUT2D eigenvalue weighted by Crippen LogP contribution is 2.36. The van der Waals surface area contributed by atoms with Gasteiger partial charge in [0.2, 0.25) is 0 Å². The van der Waals surface area contributed by atoms with Crippen molar-refractivity contribution in [3.63, 3.8) is 0 Å². The summed E-state index contributed by atoms with van der Waals surface area (Å²) in [6.07, 6.45) is 0. The van der Waals surface area contributed by atoms with Crippen LogP contribution < -0.4 is 14.2 Å². The summed E-state index contributed by atoms with van der Waals surface area (Å²) >= 11 is 0. The molecular formula is C28H24O5. The van der Waals surface area contributed by atoms with Crippen LogP contribution in [0.15, 0.2) is 103 Å². The van der Waals surface area contributed by atoms with Crippen molar-refractivity contribution in [3.8, 4) is 17.2 Å². The smallest absolute Gasteiger partial charge is 0.339 e. The molecule has 0 radical (unpaired) electrons. The minimum atomic E-state index is -1.10. The van der Waals surface area contributed by atoms with Crippen molar-refractivity contribution in [3.05, 3.63) is 125 Å². The predicted octanol–water partition coefficient (Wildman–Crippen LogP) is 6.12. The molecule has 1 N–H and O–H groups in total. The summed E-state index contributed by atoms with van der Waals surface area (Å²) in [4.78, 5) is 12.0. The number of carboxylic acid groups (broad SMARTS) is 1. The lowest BCUT2D eigenvalue weighted by Gasteiger charge is -2.17. The fourth-order valence-electron chi connectivity index (χ4n) is 3.26. The molecule has 0 heterocycles. The van der Waals surface area contributed by atoms with Crippen LogP contribution in [-0.4, -0.2) is 11.1 Å². The van der Waals surface area contributed by atoms with E-state index in [-0.39, 0.29) is 24.5 Å². The van der Waals surface area contributed by atoms with Gasteiger partial charge in [0, 0.05) is 12.1 Å². The van der Waals surface area contributed by atoms with Crippen molar-refractivity contribution in [1.29, 1.82) is 0 Å². The third kappa shape index (κ3) is 6.14. The summed E-state index contributed by atoms with van der Waals surface area (Å²) < 4.78 is 17.9. The van der Waals surface area contributed by atoms with Crippen LogP contribution in [0.3, 0.4) is 0 Å². The number of ether oxygens (including phenoxy) is 3. The van der Waals surface area contributed by atoms with E-state index in [1.807, 2.05) is 91.0 Å². The normalized spacial score (nSPS) is 10.4. The Hall–Kier alpha value is -4.25. The zero-order valence-electron chi connectivity index (χ0n) is 18.0. The van der Waals surface area contributed by atoms with E-state index in [1.54, 1.807) is 6.07 Å². The van der Waals surface area contributed by atoms with Gasteiger partial charge in [-0.3, -0.25) is 0 Å². The minimum Gasteiger partial charge on any atom is -0.488 e. The van der Waals surface area contributed by atoms with Gasteiger partial charge in [-0.2, -0.15) is 0 Å². The van der Waals surface area contributed by atoms with E-state index >= 15 is 0 Å². The molecule has 0 fully saturated rings. The second kappa shape index (κ2) is 10.9. The van der Waals surface area contributed by atoms with Gasteiger partial charge in [0.05, 0.1) is 0 Å². The van der Waals surface area contributed by atoms with E-state index < -0.39 is 5.97 Å². The van der Waals surface area contributed by atoms with Gasteiger partial charge in [0.25, 0.3) is 0 Å². The molecule has 0 aliphatic rings. The first-order valence-electron chi connectivity index (χ1n) is 10.6. The van der Waals surface area contributed by atoms with Crippen molar-refractivity contribution in [2.45, 2.75) is 19.8 Å². The van der Waals surface area contributed by atoms with Gasteiger partial charge in [-0.25, -0.2) is 4.79 Å². The van der Waals surface area contributed by atoms with Gasteiger partial charge in [-0.05, 0) is 16.7 Å². The first-order chi connectivity index (χ1) is 16.2. The molecule has 5 heteroatoms. The van der Waals surface area contributed by atoms with Gasteiger partial charge in [-0.15, -0.1) is 0 Å². The van der Waals surface area contributed by atoms with Crippen LogP contribution in [-0.2, 0) is 19.8 Å². The lowest BCUT2D eigenvalue weighted by atomic mass is 10.1. The molecule has 0 saturated carbocycles. The predicted molar refractivity (Wildman–Crippen MR) is 126 cm³/mol. The lowest BCUT2D eigenvalue weighted by Crippen LogP contribution is -2.07. The van der Waals surface area contributed by atoms with Crippen LogP contribution in [0.4, 0.5) is 0 Å². The number of aromatic carboxylic acids is 1. The summed E-state index contributed by atoms with van der Waals surface area (Å²) in [5.41, 5.74) is 2.90. The first kappa shape index (κ1) is 22.0. The fourth-order valence-corrected chi connectivity index (χ4v) is 3.26. The molecule has 4 aromatic carbocycles. The quantitative estimate of drug-likeness (QED) is 0.322. The van der Waals surface area contributed by atoms with Crippen molar-refractivity contribution < 1.29 is 24.1 Å². The Bertz CT molecular complexity index is 1180. The van der Waals surface area contributed by atoms with E-state index in [0.717, 1.165) is 16.7 Å². The van der Waals surface area contributed by atoms with Crippen LogP contribution in [0.5, 0.6) is 17.2 Å². The number of carboxylic acids is 1. The maximum atomic E-state index is 12.0. The highest BCUT2D eigenvalue weighted by atomic mass is 16.5. The zero-order chi connectivity index (χ0) is 22.9. The maximum Gasteiger partial charge on any atom is 0.339 e. The van der Waals surface area contributed by atoms with E-state index in [0.29, 0.717) is 18.1 Å².